The summed E-state index contributed by atoms with van der Waals surface area (Å²) in [4.78, 5) is 0. The van der Waals surface area contributed by atoms with Crippen LogP contribution in [-0.4, -0.2) is 0 Å². The molecule has 0 saturated heterocycles. The Morgan fingerprint density at radius 1 is 1.00 bits per heavy atom. The number of rotatable bonds is 0. The maximum Gasteiger partial charge on any atom is 0.169 e. The van der Waals surface area contributed by atoms with E-state index in [2.05, 4.69) is 6.92 Å². The zero-order valence-corrected chi connectivity index (χ0v) is 5.91. The van der Waals surface area contributed by atoms with Crippen LogP contribution in [0.4, 0.5) is 0 Å². The Morgan fingerprint density at radius 3 is 2.55 bits per heavy atom. The molecule has 1 aromatic rings. The fraction of sp³-hybridized carbons (Fsp3) is 0. The Labute approximate surface area is 65.1 Å². The molecule has 2 heteroatoms. The van der Waals surface area contributed by atoms with E-state index in [-0.39, 0.29) is 0 Å². The summed E-state index contributed by atoms with van der Waals surface area (Å²) in [5.74, 6) is 1.46. The highest BCUT2D eigenvalue weighted by Crippen LogP contribution is 2.30. The van der Waals surface area contributed by atoms with Gasteiger partial charge in [-0.15, -0.1) is 0 Å². The fourth-order valence-electron chi connectivity index (χ4n) is 0.944. The Hall–Kier alpha value is -1.44. The van der Waals surface area contributed by atoms with Crippen molar-refractivity contribution in [3.05, 3.63) is 43.2 Å². The maximum atomic E-state index is 5.16. The highest BCUT2D eigenvalue weighted by Gasteiger charge is 2.06. The van der Waals surface area contributed by atoms with Crippen LogP contribution in [0.2, 0.25) is 0 Å². The van der Waals surface area contributed by atoms with Crippen molar-refractivity contribution in [2.24, 2.45) is 0 Å². The van der Waals surface area contributed by atoms with Crippen molar-refractivity contribution in [1.82, 2.24) is 0 Å². The second-order valence-electron chi connectivity index (χ2n) is 2.29. The Bertz CT molecular complexity index is 302. The minimum Gasteiger partial charge on any atom is -0.458 e. The van der Waals surface area contributed by atoms with E-state index >= 15 is 0 Å². The number of fused-ring (bicyclic) bond motifs is 1. The molecule has 0 atom stereocenters. The molecule has 1 heterocycles. The normalized spacial score (nSPS) is 13.2. The van der Waals surface area contributed by atoms with Crippen LogP contribution in [0.15, 0.2) is 30.7 Å². The van der Waals surface area contributed by atoms with Gasteiger partial charge in [-0.2, -0.15) is 0 Å². The van der Waals surface area contributed by atoms with Crippen molar-refractivity contribution in [3.8, 4) is 11.5 Å². The van der Waals surface area contributed by atoms with E-state index < -0.39 is 0 Å². The van der Waals surface area contributed by atoms with Crippen molar-refractivity contribution < 1.29 is 9.47 Å². The number of hydrogen-bond donors (Lipinski definition) is 0. The standard InChI is InChI=1S/C9H7O2/c1-7-2-3-8-9(6-7)11-5-4-10-8/h2-6H,1H2. The summed E-state index contributed by atoms with van der Waals surface area (Å²) in [6, 6.07) is 5.54. The first-order valence-electron chi connectivity index (χ1n) is 3.30. The molecule has 1 radical (unpaired) electrons. The van der Waals surface area contributed by atoms with Crippen LogP contribution in [0.1, 0.15) is 5.56 Å². The molecule has 2 rings (SSSR count). The molecule has 0 saturated carbocycles. The number of ether oxygens (including phenoxy) is 2. The van der Waals surface area contributed by atoms with Crippen molar-refractivity contribution in [2.45, 2.75) is 0 Å². The topological polar surface area (TPSA) is 18.5 Å². The van der Waals surface area contributed by atoms with Gasteiger partial charge in [-0.25, -0.2) is 0 Å². The lowest BCUT2D eigenvalue weighted by Gasteiger charge is -2.11. The van der Waals surface area contributed by atoms with Crippen molar-refractivity contribution in [3.63, 3.8) is 0 Å². The maximum absolute atomic E-state index is 5.16. The van der Waals surface area contributed by atoms with Gasteiger partial charge >= 0.3 is 0 Å². The second-order valence-corrected chi connectivity index (χ2v) is 2.29. The van der Waals surface area contributed by atoms with Crippen LogP contribution < -0.4 is 9.47 Å². The van der Waals surface area contributed by atoms with Gasteiger partial charge in [0, 0.05) is 0 Å². The first-order chi connectivity index (χ1) is 5.36. The lowest BCUT2D eigenvalue weighted by molar-refractivity contribution is 0.361. The fourth-order valence-corrected chi connectivity index (χ4v) is 0.944. The highest BCUT2D eigenvalue weighted by molar-refractivity contribution is 5.45. The van der Waals surface area contributed by atoms with E-state index in [9.17, 15) is 0 Å². The molecule has 0 aromatic heterocycles. The number of hydrogen-bond acceptors (Lipinski definition) is 2. The van der Waals surface area contributed by atoms with Gasteiger partial charge < -0.3 is 9.47 Å². The zero-order chi connectivity index (χ0) is 7.68. The Morgan fingerprint density at radius 2 is 1.73 bits per heavy atom. The first-order valence-corrected chi connectivity index (χ1v) is 3.30. The van der Waals surface area contributed by atoms with Gasteiger partial charge in [0.25, 0.3) is 0 Å². The molecule has 0 amide bonds. The molecular weight excluding hydrogens is 140 g/mol. The quantitative estimate of drug-likeness (QED) is 0.559. The third-order valence-electron chi connectivity index (χ3n) is 1.45. The summed E-state index contributed by atoms with van der Waals surface area (Å²) in [7, 11) is 0. The van der Waals surface area contributed by atoms with E-state index in [1.54, 1.807) is 0 Å². The molecule has 1 aliphatic heterocycles. The SMILES string of the molecule is [CH2]c1ccc2c(c1)OC=CO2. The lowest BCUT2D eigenvalue weighted by atomic mass is 10.2. The molecule has 1 aromatic carbocycles. The van der Waals surface area contributed by atoms with Crippen molar-refractivity contribution in [2.75, 3.05) is 0 Å². The summed E-state index contributed by atoms with van der Waals surface area (Å²) in [5, 5.41) is 0. The minimum atomic E-state index is 0.722. The van der Waals surface area contributed by atoms with Crippen LogP contribution in [0.3, 0.4) is 0 Å². The molecular formula is C9H7O2. The van der Waals surface area contributed by atoms with E-state index in [0.717, 1.165) is 17.1 Å². The van der Waals surface area contributed by atoms with Crippen LogP contribution in [0.5, 0.6) is 11.5 Å². The van der Waals surface area contributed by atoms with Gasteiger partial charge in [0.2, 0.25) is 0 Å². The van der Waals surface area contributed by atoms with Crippen LogP contribution >= 0.6 is 0 Å². The summed E-state index contributed by atoms with van der Waals surface area (Å²) in [6.07, 6.45) is 3.01. The molecule has 0 spiro atoms. The predicted octanol–water partition coefficient (Wildman–Crippen LogP) is 2.11. The van der Waals surface area contributed by atoms with E-state index in [1.807, 2.05) is 18.2 Å². The van der Waals surface area contributed by atoms with Crippen LogP contribution in [0, 0.1) is 6.92 Å². The lowest BCUT2D eigenvalue weighted by Crippen LogP contribution is -1.95. The molecule has 0 fully saturated rings. The molecule has 55 valence electrons. The molecule has 0 N–H and O–H groups in total. The monoisotopic (exact) mass is 147 g/mol. The van der Waals surface area contributed by atoms with E-state index in [0.29, 0.717) is 0 Å². The molecule has 1 aliphatic rings. The van der Waals surface area contributed by atoms with Crippen molar-refractivity contribution in [1.29, 1.82) is 0 Å². The summed E-state index contributed by atoms with van der Waals surface area (Å²) in [6.45, 7) is 3.77. The van der Waals surface area contributed by atoms with Gasteiger partial charge in [0.05, 0.1) is 0 Å². The average molecular weight is 147 g/mol. The highest BCUT2D eigenvalue weighted by atomic mass is 16.5. The predicted molar refractivity (Wildman–Crippen MR) is 41.3 cm³/mol. The summed E-state index contributed by atoms with van der Waals surface area (Å²) < 4.78 is 10.3. The molecule has 11 heavy (non-hydrogen) atoms. The zero-order valence-electron chi connectivity index (χ0n) is 5.91. The number of benzene rings is 1. The summed E-state index contributed by atoms with van der Waals surface area (Å²) in [5.41, 5.74) is 0.919. The van der Waals surface area contributed by atoms with E-state index in [1.165, 1.54) is 12.5 Å². The van der Waals surface area contributed by atoms with Crippen LogP contribution in [0.25, 0.3) is 0 Å². The average Bonchev–Trinajstić information content (AvgIpc) is 2.04. The first kappa shape index (κ1) is 6.28. The molecule has 0 unspecified atom stereocenters. The molecule has 0 aliphatic carbocycles. The van der Waals surface area contributed by atoms with Gasteiger partial charge in [-0.1, -0.05) is 6.07 Å². The van der Waals surface area contributed by atoms with Gasteiger partial charge in [-0.3, -0.25) is 0 Å². The molecule has 0 bridgehead atoms. The Kier molecular flexibility index (Phi) is 1.32. The van der Waals surface area contributed by atoms with Gasteiger partial charge in [0.1, 0.15) is 12.5 Å². The second kappa shape index (κ2) is 2.31. The third kappa shape index (κ3) is 1.07. The van der Waals surface area contributed by atoms with Crippen molar-refractivity contribution >= 4 is 0 Å². The third-order valence-corrected chi connectivity index (χ3v) is 1.45. The Balaban J connectivity index is 2.48. The van der Waals surface area contributed by atoms with E-state index in [4.69, 9.17) is 9.47 Å². The van der Waals surface area contributed by atoms with Gasteiger partial charge in [-0.05, 0) is 24.6 Å². The summed E-state index contributed by atoms with van der Waals surface area (Å²) >= 11 is 0. The van der Waals surface area contributed by atoms with Crippen LogP contribution in [-0.2, 0) is 0 Å². The minimum absolute atomic E-state index is 0.722. The van der Waals surface area contributed by atoms with Gasteiger partial charge in [0.15, 0.2) is 11.5 Å². The smallest absolute Gasteiger partial charge is 0.169 e. The molecule has 2 nitrogen and oxygen atoms in total. The largest absolute Gasteiger partial charge is 0.458 e.